The molecule has 66 valence electrons. The smallest absolute Gasteiger partial charge is 0.177 e. The minimum Gasteiger partial charge on any atom is -0.293 e. The van der Waals surface area contributed by atoms with Crippen LogP contribution in [0.4, 0.5) is 0 Å². The summed E-state index contributed by atoms with van der Waals surface area (Å²) in [6.45, 7) is 1.82. The minimum absolute atomic E-state index is 0.0960. The summed E-state index contributed by atoms with van der Waals surface area (Å²) >= 11 is 5.73. The molecule has 0 atom stereocenters. The molecule has 1 rings (SSSR count). The van der Waals surface area contributed by atoms with E-state index in [1.54, 1.807) is 18.2 Å². The Hall–Kier alpha value is -1.33. The summed E-state index contributed by atoms with van der Waals surface area (Å²) in [5, 5.41) is 8.87. The molecule has 0 saturated heterocycles. The molecule has 0 amide bonds. The van der Waals surface area contributed by atoms with Gasteiger partial charge in [-0.3, -0.25) is 4.79 Å². The van der Waals surface area contributed by atoms with Crippen molar-refractivity contribution in [3.63, 3.8) is 0 Å². The molecule has 3 heteroatoms. The number of hydrogen-bond acceptors (Lipinski definition) is 2. The predicted octanol–water partition coefficient (Wildman–Crippen LogP) is 2.74. The Morgan fingerprint density at radius 1 is 1.62 bits per heavy atom. The SMILES string of the molecule is Cc1ccc(Cl)cc1C(=O)CC#N. The van der Waals surface area contributed by atoms with Gasteiger partial charge in [0.25, 0.3) is 0 Å². The highest BCUT2D eigenvalue weighted by Crippen LogP contribution is 2.16. The second-order valence-electron chi connectivity index (χ2n) is 2.72. The lowest BCUT2D eigenvalue weighted by atomic mass is 10.0. The fourth-order valence-electron chi connectivity index (χ4n) is 1.06. The van der Waals surface area contributed by atoms with Gasteiger partial charge in [0.15, 0.2) is 5.78 Å². The van der Waals surface area contributed by atoms with Crippen LogP contribution in [0.1, 0.15) is 22.3 Å². The van der Waals surface area contributed by atoms with Crippen molar-refractivity contribution < 1.29 is 4.79 Å². The number of carbonyl (C=O) groups is 1. The van der Waals surface area contributed by atoms with Gasteiger partial charge < -0.3 is 0 Å². The number of carbonyl (C=O) groups excluding carboxylic acids is 1. The average Bonchev–Trinajstić information content (AvgIpc) is 2.09. The van der Waals surface area contributed by atoms with Crippen molar-refractivity contribution in [2.75, 3.05) is 0 Å². The number of hydrogen-bond donors (Lipinski definition) is 0. The maximum atomic E-state index is 11.3. The minimum atomic E-state index is -0.178. The third kappa shape index (κ3) is 2.30. The lowest BCUT2D eigenvalue weighted by Crippen LogP contribution is -1.99. The van der Waals surface area contributed by atoms with E-state index < -0.39 is 0 Å². The van der Waals surface area contributed by atoms with E-state index in [1.165, 1.54) is 0 Å². The zero-order valence-corrected chi connectivity index (χ0v) is 7.93. The van der Waals surface area contributed by atoms with E-state index in [0.717, 1.165) is 5.56 Å². The van der Waals surface area contributed by atoms with Gasteiger partial charge in [-0.15, -0.1) is 0 Å². The Morgan fingerprint density at radius 2 is 2.31 bits per heavy atom. The van der Waals surface area contributed by atoms with Gasteiger partial charge in [-0.25, -0.2) is 0 Å². The van der Waals surface area contributed by atoms with Gasteiger partial charge in [0.1, 0.15) is 0 Å². The van der Waals surface area contributed by atoms with Crippen LogP contribution in [0.3, 0.4) is 0 Å². The summed E-state index contributed by atoms with van der Waals surface area (Å²) in [4.78, 5) is 11.3. The van der Waals surface area contributed by atoms with E-state index in [4.69, 9.17) is 16.9 Å². The normalized spacial score (nSPS) is 9.31. The highest BCUT2D eigenvalue weighted by Gasteiger charge is 2.08. The van der Waals surface area contributed by atoms with Gasteiger partial charge >= 0.3 is 0 Å². The summed E-state index contributed by atoms with van der Waals surface area (Å²) in [5.74, 6) is -0.178. The molecule has 0 aliphatic heterocycles. The first-order chi connectivity index (χ1) is 6.15. The summed E-state index contributed by atoms with van der Waals surface area (Å²) in [6.07, 6.45) is -0.0960. The summed E-state index contributed by atoms with van der Waals surface area (Å²) < 4.78 is 0. The largest absolute Gasteiger partial charge is 0.293 e. The third-order valence-corrected chi connectivity index (χ3v) is 1.97. The fraction of sp³-hybridized carbons (Fsp3) is 0.200. The van der Waals surface area contributed by atoms with Crippen LogP contribution < -0.4 is 0 Å². The fourth-order valence-corrected chi connectivity index (χ4v) is 1.23. The van der Waals surface area contributed by atoms with Crippen LogP contribution in [-0.2, 0) is 0 Å². The molecule has 0 aliphatic carbocycles. The predicted molar refractivity (Wildman–Crippen MR) is 50.7 cm³/mol. The molecule has 0 fully saturated rings. The van der Waals surface area contributed by atoms with Crippen LogP contribution in [0, 0.1) is 18.3 Å². The maximum absolute atomic E-state index is 11.3. The molecule has 0 heterocycles. The quantitative estimate of drug-likeness (QED) is 0.678. The van der Waals surface area contributed by atoms with E-state index in [0.29, 0.717) is 10.6 Å². The first kappa shape index (κ1) is 9.76. The van der Waals surface area contributed by atoms with Crippen molar-refractivity contribution in [1.29, 1.82) is 5.26 Å². The van der Waals surface area contributed by atoms with Crippen molar-refractivity contribution in [1.82, 2.24) is 0 Å². The molecule has 0 aromatic heterocycles. The molecule has 1 aromatic carbocycles. The first-order valence-electron chi connectivity index (χ1n) is 3.81. The number of Topliss-reactive ketones (excluding diaryl/α,β-unsaturated/α-hetero) is 1. The highest BCUT2D eigenvalue weighted by molar-refractivity contribution is 6.31. The zero-order chi connectivity index (χ0) is 9.84. The molecule has 1 aromatic rings. The Kier molecular flexibility index (Phi) is 3.05. The van der Waals surface area contributed by atoms with Gasteiger partial charge in [0, 0.05) is 10.6 Å². The van der Waals surface area contributed by atoms with Crippen LogP contribution in [-0.4, -0.2) is 5.78 Å². The Morgan fingerprint density at radius 3 is 2.92 bits per heavy atom. The molecule has 0 N–H and O–H groups in total. The van der Waals surface area contributed by atoms with E-state index in [-0.39, 0.29) is 12.2 Å². The van der Waals surface area contributed by atoms with Crippen LogP contribution in [0.5, 0.6) is 0 Å². The average molecular weight is 194 g/mol. The third-order valence-electron chi connectivity index (χ3n) is 1.74. The summed E-state index contributed by atoms with van der Waals surface area (Å²) in [5.41, 5.74) is 1.39. The summed E-state index contributed by atoms with van der Waals surface area (Å²) in [7, 11) is 0. The van der Waals surface area contributed by atoms with E-state index >= 15 is 0 Å². The van der Waals surface area contributed by atoms with Crippen LogP contribution in [0.25, 0.3) is 0 Å². The highest BCUT2D eigenvalue weighted by atomic mass is 35.5. The number of ketones is 1. The van der Waals surface area contributed by atoms with E-state index in [1.807, 2.05) is 13.0 Å². The van der Waals surface area contributed by atoms with Gasteiger partial charge in [-0.05, 0) is 24.6 Å². The molecule has 0 saturated carbocycles. The van der Waals surface area contributed by atoms with Gasteiger partial charge in [0.2, 0.25) is 0 Å². The molecule has 2 nitrogen and oxygen atoms in total. The molecule has 0 unspecified atom stereocenters. The molecule has 13 heavy (non-hydrogen) atoms. The number of aryl methyl sites for hydroxylation is 1. The zero-order valence-electron chi connectivity index (χ0n) is 7.17. The lowest BCUT2D eigenvalue weighted by molar-refractivity contribution is 0.0997. The molecule has 0 spiro atoms. The van der Waals surface area contributed by atoms with Crippen molar-refractivity contribution in [2.24, 2.45) is 0 Å². The second kappa shape index (κ2) is 4.06. The number of halogens is 1. The molecular weight excluding hydrogens is 186 g/mol. The maximum Gasteiger partial charge on any atom is 0.177 e. The van der Waals surface area contributed by atoms with Crippen LogP contribution in [0.15, 0.2) is 18.2 Å². The lowest BCUT2D eigenvalue weighted by Gasteiger charge is -2.01. The monoisotopic (exact) mass is 193 g/mol. The Labute approximate surface area is 81.7 Å². The van der Waals surface area contributed by atoms with Crippen molar-refractivity contribution in [3.05, 3.63) is 34.3 Å². The molecule has 0 aliphatic rings. The number of benzene rings is 1. The van der Waals surface area contributed by atoms with Crippen molar-refractivity contribution >= 4 is 17.4 Å². The Balaban J connectivity index is 3.07. The molecule has 0 bridgehead atoms. The van der Waals surface area contributed by atoms with E-state index in [9.17, 15) is 4.79 Å². The van der Waals surface area contributed by atoms with Gasteiger partial charge in [0.05, 0.1) is 12.5 Å². The number of nitrogens with zero attached hydrogens (tertiary/aromatic N) is 1. The first-order valence-corrected chi connectivity index (χ1v) is 4.19. The second-order valence-corrected chi connectivity index (χ2v) is 3.15. The van der Waals surface area contributed by atoms with Crippen LogP contribution >= 0.6 is 11.6 Å². The molecule has 0 radical (unpaired) electrons. The van der Waals surface area contributed by atoms with E-state index in [2.05, 4.69) is 0 Å². The van der Waals surface area contributed by atoms with Crippen LogP contribution in [0.2, 0.25) is 5.02 Å². The topological polar surface area (TPSA) is 40.9 Å². The Bertz CT molecular complexity index is 379. The standard InChI is InChI=1S/C10H8ClNO/c1-7-2-3-8(11)6-9(7)10(13)4-5-12/h2-3,6H,4H2,1H3. The number of nitriles is 1. The van der Waals surface area contributed by atoms with Gasteiger partial charge in [-0.1, -0.05) is 17.7 Å². The summed E-state index contributed by atoms with van der Waals surface area (Å²) in [6, 6.07) is 6.91. The number of rotatable bonds is 2. The van der Waals surface area contributed by atoms with Crippen molar-refractivity contribution in [2.45, 2.75) is 13.3 Å². The van der Waals surface area contributed by atoms with Gasteiger partial charge in [-0.2, -0.15) is 5.26 Å². The molecular formula is C10H8ClNO. The van der Waals surface area contributed by atoms with Crippen molar-refractivity contribution in [3.8, 4) is 6.07 Å².